The highest BCUT2D eigenvalue weighted by molar-refractivity contribution is 7.07. The van der Waals surface area contributed by atoms with E-state index < -0.39 is 0 Å². The van der Waals surface area contributed by atoms with Crippen LogP contribution in [0.3, 0.4) is 0 Å². The van der Waals surface area contributed by atoms with E-state index in [0.717, 1.165) is 17.0 Å². The molecule has 0 radical (unpaired) electrons. The molecule has 0 saturated carbocycles. The van der Waals surface area contributed by atoms with E-state index in [2.05, 4.69) is 10.3 Å². The number of rotatable bonds is 6. The molecule has 0 unspecified atom stereocenters. The number of amides is 2. The zero-order valence-corrected chi connectivity index (χ0v) is 13.0. The molecule has 0 aliphatic heterocycles. The Morgan fingerprint density at radius 1 is 1.38 bits per heavy atom. The summed E-state index contributed by atoms with van der Waals surface area (Å²) in [6.45, 7) is 3.61. The van der Waals surface area contributed by atoms with Crippen molar-refractivity contribution in [1.82, 2.24) is 15.2 Å². The first-order valence-electron chi connectivity index (χ1n) is 6.76. The molecule has 6 heteroatoms. The third-order valence-corrected chi connectivity index (χ3v) is 3.54. The van der Waals surface area contributed by atoms with Crippen molar-refractivity contribution < 1.29 is 9.53 Å². The number of nitrogens with zero attached hydrogens (tertiary/aromatic N) is 2. The van der Waals surface area contributed by atoms with Crippen molar-refractivity contribution in [2.45, 2.75) is 20.0 Å². The lowest BCUT2D eigenvalue weighted by molar-refractivity contribution is 0.206. The van der Waals surface area contributed by atoms with Gasteiger partial charge in [0.1, 0.15) is 5.75 Å². The number of carbonyl (C=O) groups excluding carboxylic acids is 1. The van der Waals surface area contributed by atoms with Crippen LogP contribution in [0.2, 0.25) is 0 Å². The molecular weight excluding hydrogens is 286 g/mol. The van der Waals surface area contributed by atoms with Gasteiger partial charge >= 0.3 is 6.03 Å². The third kappa shape index (κ3) is 4.75. The maximum Gasteiger partial charge on any atom is 0.317 e. The lowest BCUT2D eigenvalue weighted by atomic mass is 10.2. The van der Waals surface area contributed by atoms with Gasteiger partial charge in [0.15, 0.2) is 0 Å². The maximum atomic E-state index is 12.0. The first-order chi connectivity index (χ1) is 10.2. The minimum atomic E-state index is -0.114. The highest BCUT2D eigenvalue weighted by Crippen LogP contribution is 2.13. The highest BCUT2D eigenvalue weighted by Gasteiger charge is 2.09. The molecule has 1 aromatic carbocycles. The molecule has 0 atom stereocenters. The number of thiazole rings is 1. The lowest BCUT2D eigenvalue weighted by Crippen LogP contribution is -2.36. The molecule has 1 heterocycles. The van der Waals surface area contributed by atoms with Gasteiger partial charge in [-0.25, -0.2) is 9.78 Å². The Morgan fingerprint density at radius 2 is 2.14 bits per heavy atom. The Labute approximate surface area is 128 Å². The van der Waals surface area contributed by atoms with Crippen molar-refractivity contribution in [3.63, 3.8) is 0 Å². The van der Waals surface area contributed by atoms with Gasteiger partial charge < -0.3 is 15.0 Å². The molecule has 0 aliphatic carbocycles. The van der Waals surface area contributed by atoms with E-state index in [1.54, 1.807) is 17.5 Å². The summed E-state index contributed by atoms with van der Waals surface area (Å²) in [4.78, 5) is 17.7. The minimum absolute atomic E-state index is 0.114. The molecule has 2 aromatic rings. The van der Waals surface area contributed by atoms with Crippen LogP contribution in [0.25, 0.3) is 0 Å². The Kier molecular flexibility index (Phi) is 5.57. The molecule has 0 spiro atoms. The molecule has 0 fully saturated rings. The summed E-state index contributed by atoms with van der Waals surface area (Å²) >= 11 is 1.52. The van der Waals surface area contributed by atoms with E-state index >= 15 is 0 Å². The van der Waals surface area contributed by atoms with Crippen LogP contribution in [0.4, 0.5) is 4.79 Å². The average molecular weight is 305 g/mol. The summed E-state index contributed by atoms with van der Waals surface area (Å²) < 4.78 is 5.39. The van der Waals surface area contributed by atoms with Gasteiger partial charge in [0.2, 0.25) is 0 Å². The Balaban J connectivity index is 1.82. The molecule has 0 aliphatic rings. The number of carbonyl (C=O) groups is 1. The summed E-state index contributed by atoms with van der Waals surface area (Å²) in [5.74, 6) is 0.844. The van der Waals surface area contributed by atoms with Crippen LogP contribution < -0.4 is 10.1 Å². The topological polar surface area (TPSA) is 54.5 Å². The monoisotopic (exact) mass is 305 g/mol. The molecule has 0 bridgehead atoms. The summed E-state index contributed by atoms with van der Waals surface area (Å²) in [6.07, 6.45) is 0. The van der Waals surface area contributed by atoms with Gasteiger partial charge in [-0.15, -0.1) is 11.3 Å². The van der Waals surface area contributed by atoms with Gasteiger partial charge in [0.25, 0.3) is 0 Å². The fourth-order valence-electron chi connectivity index (χ4n) is 1.83. The van der Waals surface area contributed by atoms with Gasteiger partial charge in [0.05, 0.1) is 24.4 Å². The summed E-state index contributed by atoms with van der Waals surface area (Å²) in [7, 11) is 1.77. The lowest BCUT2D eigenvalue weighted by Gasteiger charge is -2.18. The van der Waals surface area contributed by atoms with Crippen molar-refractivity contribution in [2.75, 3.05) is 13.7 Å². The summed E-state index contributed by atoms with van der Waals surface area (Å²) in [5, 5.41) is 4.77. The molecular formula is C15H19N3O2S. The van der Waals surface area contributed by atoms with Crippen LogP contribution in [0.15, 0.2) is 35.2 Å². The van der Waals surface area contributed by atoms with E-state index in [1.165, 1.54) is 11.3 Å². The second-order valence-corrected chi connectivity index (χ2v) is 5.29. The van der Waals surface area contributed by atoms with E-state index in [4.69, 9.17) is 4.74 Å². The highest BCUT2D eigenvalue weighted by atomic mass is 32.1. The van der Waals surface area contributed by atoms with Gasteiger partial charge in [-0.3, -0.25) is 0 Å². The second-order valence-electron chi connectivity index (χ2n) is 4.57. The molecule has 2 amide bonds. The molecule has 112 valence electrons. The number of hydrogen-bond acceptors (Lipinski definition) is 4. The number of benzene rings is 1. The molecule has 0 saturated heterocycles. The SMILES string of the molecule is CCOc1ccc(CN(C)C(=O)NCc2cscn2)cc1. The number of nitrogens with one attached hydrogen (secondary N) is 1. The van der Waals surface area contributed by atoms with Crippen molar-refractivity contribution in [2.24, 2.45) is 0 Å². The van der Waals surface area contributed by atoms with E-state index in [9.17, 15) is 4.79 Å². The Hall–Kier alpha value is -2.08. The third-order valence-electron chi connectivity index (χ3n) is 2.90. The normalized spacial score (nSPS) is 10.2. The Bertz CT molecular complexity index is 555. The average Bonchev–Trinajstić information content (AvgIpc) is 3.00. The van der Waals surface area contributed by atoms with Crippen molar-refractivity contribution in [3.05, 3.63) is 46.4 Å². The first-order valence-corrected chi connectivity index (χ1v) is 7.71. The van der Waals surface area contributed by atoms with Crippen LogP contribution in [-0.4, -0.2) is 29.6 Å². The maximum absolute atomic E-state index is 12.0. The van der Waals surface area contributed by atoms with Crippen LogP contribution in [0.1, 0.15) is 18.2 Å². The fourth-order valence-corrected chi connectivity index (χ4v) is 2.39. The Morgan fingerprint density at radius 3 is 2.76 bits per heavy atom. The van der Waals surface area contributed by atoms with Crippen molar-refractivity contribution in [1.29, 1.82) is 0 Å². The fraction of sp³-hybridized carbons (Fsp3) is 0.333. The van der Waals surface area contributed by atoms with Crippen molar-refractivity contribution >= 4 is 17.4 Å². The number of aromatic nitrogens is 1. The molecule has 1 N–H and O–H groups in total. The smallest absolute Gasteiger partial charge is 0.317 e. The van der Waals surface area contributed by atoms with Crippen molar-refractivity contribution in [3.8, 4) is 5.75 Å². The number of ether oxygens (including phenoxy) is 1. The first kappa shape index (κ1) is 15.3. The van der Waals surface area contributed by atoms with Gasteiger partial charge in [-0.2, -0.15) is 0 Å². The number of hydrogen-bond donors (Lipinski definition) is 1. The predicted octanol–water partition coefficient (Wildman–Crippen LogP) is 2.88. The van der Waals surface area contributed by atoms with Crippen LogP contribution >= 0.6 is 11.3 Å². The van der Waals surface area contributed by atoms with E-state index in [1.807, 2.05) is 36.6 Å². The predicted molar refractivity (Wildman–Crippen MR) is 83.4 cm³/mol. The van der Waals surface area contributed by atoms with E-state index in [0.29, 0.717) is 19.7 Å². The summed E-state index contributed by atoms with van der Waals surface area (Å²) in [6, 6.07) is 7.65. The van der Waals surface area contributed by atoms with Crippen LogP contribution in [-0.2, 0) is 13.1 Å². The summed E-state index contributed by atoms with van der Waals surface area (Å²) in [5.41, 5.74) is 3.69. The quantitative estimate of drug-likeness (QED) is 0.893. The molecule has 2 rings (SSSR count). The zero-order chi connectivity index (χ0) is 15.1. The minimum Gasteiger partial charge on any atom is -0.494 e. The molecule has 5 nitrogen and oxygen atoms in total. The zero-order valence-electron chi connectivity index (χ0n) is 12.2. The largest absolute Gasteiger partial charge is 0.494 e. The number of urea groups is 1. The van der Waals surface area contributed by atoms with Crippen LogP contribution in [0, 0.1) is 0 Å². The van der Waals surface area contributed by atoms with Crippen LogP contribution in [0.5, 0.6) is 5.75 Å². The molecule has 1 aromatic heterocycles. The van der Waals surface area contributed by atoms with Gasteiger partial charge in [-0.1, -0.05) is 12.1 Å². The second kappa shape index (κ2) is 7.64. The van der Waals surface area contributed by atoms with Gasteiger partial charge in [0, 0.05) is 19.0 Å². The standard InChI is InChI=1S/C15H19N3O2S/c1-3-20-14-6-4-12(5-7-14)9-18(2)15(19)16-8-13-10-21-11-17-13/h4-7,10-11H,3,8-9H2,1-2H3,(H,16,19). The van der Waals surface area contributed by atoms with Gasteiger partial charge in [-0.05, 0) is 24.6 Å². The van der Waals surface area contributed by atoms with E-state index in [-0.39, 0.29) is 6.03 Å². The molecule has 21 heavy (non-hydrogen) atoms.